The maximum atomic E-state index is 13.3. The fourth-order valence-electron chi connectivity index (χ4n) is 3.03. The number of carbonyl (C=O) groups excluding carboxylic acids is 1. The highest BCUT2D eigenvalue weighted by Gasteiger charge is 2.20. The third kappa shape index (κ3) is 4.45. The summed E-state index contributed by atoms with van der Waals surface area (Å²) in [6, 6.07) is 10.0. The summed E-state index contributed by atoms with van der Waals surface area (Å²) in [7, 11) is 0. The first-order valence-electron chi connectivity index (χ1n) is 9.32. The Bertz CT molecular complexity index is 903. The van der Waals surface area contributed by atoms with Crippen molar-refractivity contribution >= 4 is 17.2 Å². The van der Waals surface area contributed by atoms with Crippen LogP contribution >= 0.6 is 11.3 Å². The van der Waals surface area contributed by atoms with Crippen LogP contribution in [0.1, 0.15) is 31.4 Å². The molecular weight excluding hydrogens is 377 g/mol. The molecule has 0 spiro atoms. The third-order valence-corrected chi connectivity index (χ3v) is 5.48. The molecule has 28 heavy (non-hydrogen) atoms. The molecule has 1 N–H and O–H groups in total. The van der Waals surface area contributed by atoms with Crippen molar-refractivity contribution in [3.8, 4) is 16.4 Å². The minimum Gasteiger partial charge on any atom is -0.348 e. The van der Waals surface area contributed by atoms with Crippen molar-refractivity contribution < 1.29 is 9.18 Å². The van der Waals surface area contributed by atoms with E-state index < -0.39 is 0 Å². The number of likely N-dealkylation sites (N-methyl/N-ethyl adjacent to an activating group) is 1. The van der Waals surface area contributed by atoms with E-state index in [4.69, 9.17) is 0 Å². The number of hydrogen-bond acceptors (Lipinski definition) is 5. The van der Waals surface area contributed by atoms with Gasteiger partial charge in [0.05, 0.1) is 10.6 Å². The normalized spacial score (nSPS) is 12.3. The van der Waals surface area contributed by atoms with Crippen LogP contribution in [0, 0.1) is 5.82 Å². The molecule has 3 aromatic rings. The first-order chi connectivity index (χ1) is 13.5. The summed E-state index contributed by atoms with van der Waals surface area (Å²) in [5, 5.41) is 9.25. The van der Waals surface area contributed by atoms with Crippen LogP contribution in [0.15, 0.2) is 41.8 Å². The van der Waals surface area contributed by atoms with E-state index in [0.717, 1.165) is 18.0 Å². The van der Waals surface area contributed by atoms with Gasteiger partial charge < -0.3 is 5.32 Å². The molecule has 0 saturated carbocycles. The Morgan fingerprint density at radius 1 is 1.25 bits per heavy atom. The number of carbonyl (C=O) groups is 1. The van der Waals surface area contributed by atoms with Crippen LogP contribution in [-0.4, -0.2) is 51.2 Å². The highest BCUT2D eigenvalue weighted by Crippen LogP contribution is 2.25. The zero-order valence-corrected chi connectivity index (χ0v) is 17.0. The monoisotopic (exact) mass is 401 g/mol. The lowest BCUT2D eigenvalue weighted by Gasteiger charge is -2.26. The Kier molecular flexibility index (Phi) is 6.53. The molecule has 0 aliphatic rings. The van der Waals surface area contributed by atoms with E-state index in [0.29, 0.717) is 18.1 Å². The van der Waals surface area contributed by atoms with Crippen LogP contribution in [0.2, 0.25) is 0 Å². The molecule has 0 radical (unpaired) electrons. The van der Waals surface area contributed by atoms with Gasteiger partial charge in [-0.05, 0) is 55.7 Å². The zero-order chi connectivity index (χ0) is 20.1. The standard InChI is InChI=1S/C20H24FN5OS/c1-4-25(5-2)14(3)13-22-20(27)18-23-19(17-7-6-12-28-17)26(24-18)16-10-8-15(21)9-11-16/h6-12,14H,4-5,13H2,1-3H3,(H,22,27). The predicted molar refractivity (Wildman–Crippen MR) is 109 cm³/mol. The van der Waals surface area contributed by atoms with Gasteiger partial charge in [0, 0.05) is 12.6 Å². The average molecular weight is 402 g/mol. The van der Waals surface area contributed by atoms with Crippen molar-refractivity contribution in [3.05, 3.63) is 53.4 Å². The number of thiophene rings is 1. The summed E-state index contributed by atoms with van der Waals surface area (Å²) in [4.78, 5) is 20.2. The van der Waals surface area contributed by atoms with Crippen molar-refractivity contribution in [1.29, 1.82) is 0 Å². The Hall–Kier alpha value is -2.58. The molecule has 2 aromatic heterocycles. The summed E-state index contributed by atoms with van der Waals surface area (Å²) in [5.74, 6) is 0.00518. The van der Waals surface area contributed by atoms with Crippen molar-refractivity contribution in [2.24, 2.45) is 0 Å². The van der Waals surface area contributed by atoms with Crippen molar-refractivity contribution in [3.63, 3.8) is 0 Å². The van der Waals surface area contributed by atoms with Gasteiger partial charge in [0.25, 0.3) is 5.91 Å². The van der Waals surface area contributed by atoms with Crippen LogP contribution in [0.3, 0.4) is 0 Å². The second kappa shape index (κ2) is 9.07. The van der Waals surface area contributed by atoms with Crippen LogP contribution in [0.25, 0.3) is 16.4 Å². The van der Waals surface area contributed by atoms with Gasteiger partial charge in [-0.1, -0.05) is 19.9 Å². The smallest absolute Gasteiger partial charge is 0.291 e. The maximum absolute atomic E-state index is 13.3. The summed E-state index contributed by atoms with van der Waals surface area (Å²) in [5.41, 5.74) is 0.646. The first-order valence-corrected chi connectivity index (χ1v) is 10.2. The zero-order valence-electron chi connectivity index (χ0n) is 16.2. The number of amides is 1. The van der Waals surface area contributed by atoms with Gasteiger partial charge in [0.2, 0.25) is 5.82 Å². The molecule has 0 saturated heterocycles. The molecule has 0 aliphatic heterocycles. The summed E-state index contributed by atoms with van der Waals surface area (Å²) < 4.78 is 14.9. The van der Waals surface area contributed by atoms with Gasteiger partial charge in [-0.2, -0.15) is 0 Å². The summed E-state index contributed by atoms with van der Waals surface area (Å²) in [6.07, 6.45) is 0. The summed E-state index contributed by atoms with van der Waals surface area (Å²) >= 11 is 1.51. The highest BCUT2D eigenvalue weighted by molar-refractivity contribution is 7.13. The minimum absolute atomic E-state index is 0.0967. The predicted octanol–water partition coefficient (Wildman–Crippen LogP) is 3.60. The molecular formula is C20H24FN5OS. The molecule has 8 heteroatoms. The molecule has 1 atom stereocenters. The van der Waals surface area contributed by atoms with Crippen LogP contribution < -0.4 is 5.32 Å². The van der Waals surface area contributed by atoms with Gasteiger partial charge >= 0.3 is 0 Å². The lowest BCUT2D eigenvalue weighted by Crippen LogP contribution is -2.42. The third-order valence-electron chi connectivity index (χ3n) is 4.62. The van der Waals surface area contributed by atoms with Crippen molar-refractivity contribution in [2.45, 2.75) is 26.8 Å². The number of nitrogens with zero attached hydrogens (tertiary/aromatic N) is 4. The highest BCUT2D eigenvalue weighted by atomic mass is 32.1. The second-order valence-electron chi connectivity index (χ2n) is 6.40. The van der Waals surface area contributed by atoms with E-state index in [2.05, 4.69) is 41.1 Å². The van der Waals surface area contributed by atoms with E-state index in [9.17, 15) is 9.18 Å². The van der Waals surface area contributed by atoms with E-state index in [1.807, 2.05) is 17.5 Å². The quantitative estimate of drug-likeness (QED) is 0.627. The van der Waals surface area contributed by atoms with Gasteiger partial charge in [-0.15, -0.1) is 16.4 Å². The lowest BCUT2D eigenvalue weighted by atomic mass is 10.2. The SMILES string of the molecule is CCN(CC)C(C)CNC(=O)c1nc(-c2cccs2)n(-c2ccc(F)cc2)n1. The van der Waals surface area contributed by atoms with Crippen molar-refractivity contribution in [2.75, 3.05) is 19.6 Å². The largest absolute Gasteiger partial charge is 0.348 e. The number of benzene rings is 1. The van der Waals surface area contributed by atoms with E-state index in [1.54, 1.807) is 16.8 Å². The topological polar surface area (TPSA) is 63.1 Å². The number of hydrogen-bond donors (Lipinski definition) is 1. The molecule has 0 aliphatic carbocycles. The molecule has 1 amide bonds. The number of nitrogens with one attached hydrogen (secondary N) is 1. The molecule has 1 unspecified atom stereocenters. The molecule has 0 fully saturated rings. The molecule has 6 nitrogen and oxygen atoms in total. The van der Waals surface area contributed by atoms with Gasteiger partial charge in [0.1, 0.15) is 5.82 Å². The number of halogens is 1. The number of rotatable bonds is 8. The average Bonchev–Trinajstić information content (AvgIpc) is 3.37. The Morgan fingerprint density at radius 2 is 1.96 bits per heavy atom. The Morgan fingerprint density at radius 3 is 2.57 bits per heavy atom. The fourth-order valence-corrected chi connectivity index (χ4v) is 3.73. The molecule has 0 bridgehead atoms. The van der Waals surface area contributed by atoms with E-state index in [1.165, 1.54) is 23.5 Å². The van der Waals surface area contributed by atoms with Crippen LogP contribution in [0.4, 0.5) is 4.39 Å². The molecule has 148 valence electrons. The van der Waals surface area contributed by atoms with Crippen LogP contribution in [-0.2, 0) is 0 Å². The van der Waals surface area contributed by atoms with Crippen molar-refractivity contribution in [1.82, 2.24) is 25.0 Å². The van der Waals surface area contributed by atoms with Gasteiger partial charge in [0.15, 0.2) is 5.82 Å². The second-order valence-corrected chi connectivity index (χ2v) is 7.35. The van der Waals surface area contributed by atoms with E-state index in [-0.39, 0.29) is 23.6 Å². The maximum Gasteiger partial charge on any atom is 0.291 e. The molecule has 1 aromatic carbocycles. The molecule has 2 heterocycles. The van der Waals surface area contributed by atoms with Crippen LogP contribution in [0.5, 0.6) is 0 Å². The van der Waals surface area contributed by atoms with Gasteiger partial charge in [-0.3, -0.25) is 9.69 Å². The Balaban J connectivity index is 1.85. The van der Waals surface area contributed by atoms with E-state index >= 15 is 0 Å². The van der Waals surface area contributed by atoms with Gasteiger partial charge in [-0.25, -0.2) is 14.1 Å². The fraction of sp³-hybridized carbons (Fsp3) is 0.350. The summed E-state index contributed by atoms with van der Waals surface area (Å²) in [6.45, 7) is 8.64. The Labute approximate surface area is 168 Å². The minimum atomic E-state index is -0.329. The first kappa shape index (κ1) is 20.2. The lowest BCUT2D eigenvalue weighted by molar-refractivity contribution is 0.0927. The molecule has 3 rings (SSSR count). The number of aromatic nitrogens is 3.